The van der Waals surface area contributed by atoms with Crippen LogP contribution in [-0.2, 0) is 14.8 Å². The number of hydrogen-bond donors (Lipinski definition) is 1. The maximum atomic E-state index is 13.2. The smallest absolute Gasteiger partial charge is 0.246 e. The van der Waals surface area contributed by atoms with Crippen LogP contribution in [0.4, 0.5) is 0 Å². The third-order valence-corrected chi connectivity index (χ3v) is 10.6. The molecule has 8 heteroatoms. The number of benzene rings is 1. The van der Waals surface area contributed by atoms with Crippen molar-refractivity contribution in [1.29, 1.82) is 0 Å². The molecule has 1 heterocycles. The minimum Gasteiger partial charge on any atom is -0.497 e. The van der Waals surface area contributed by atoms with Gasteiger partial charge in [0.1, 0.15) is 16.4 Å². The Morgan fingerprint density at radius 1 is 1.03 bits per heavy atom. The Balaban J connectivity index is 1.17. The molecule has 0 radical (unpaired) electrons. The molecule has 7 nitrogen and oxygen atoms in total. The van der Waals surface area contributed by atoms with Gasteiger partial charge in [-0.15, -0.1) is 0 Å². The highest BCUT2D eigenvalue weighted by Crippen LogP contribution is 2.60. The fourth-order valence-electron chi connectivity index (χ4n) is 7.29. The van der Waals surface area contributed by atoms with Crippen LogP contribution in [0.25, 0.3) is 0 Å². The van der Waals surface area contributed by atoms with Gasteiger partial charge in [0.25, 0.3) is 0 Å². The van der Waals surface area contributed by atoms with E-state index in [9.17, 15) is 13.2 Å². The number of amides is 1. The van der Waals surface area contributed by atoms with Gasteiger partial charge in [-0.2, -0.15) is 4.31 Å². The second-order valence-electron chi connectivity index (χ2n) is 10.8. The fourth-order valence-corrected chi connectivity index (χ4v) is 8.90. The predicted octanol–water partition coefficient (Wildman–Crippen LogP) is 3.44. The minimum absolute atomic E-state index is 0.121. The van der Waals surface area contributed by atoms with Crippen LogP contribution in [-0.4, -0.2) is 52.5 Å². The number of carbonyl (C=O) groups is 1. The molecule has 1 saturated heterocycles. The molecule has 0 atom stereocenters. The van der Waals surface area contributed by atoms with Crippen LogP contribution in [0.1, 0.15) is 51.4 Å². The summed E-state index contributed by atoms with van der Waals surface area (Å²) < 4.78 is 38.5. The van der Waals surface area contributed by atoms with E-state index in [0.29, 0.717) is 37.1 Å². The first-order chi connectivity index (χ1) is 15.8. The van der Waals surface area contributed by atoms with Gasteiger partial charge in [-0.05, 0) is 87.2 Å². The fraction of sp³-hybridized carbons (Fsp3) is 0.720. The Morgan fingerprint density at radius 2 is 1.64 bits per heavy atom. The van der Waals surface area contributed by atoms with Crippen molar-refractivity contribution >= 4 is 15.9 Å². The number of nitrogens with zero attached hydrogens (tertiary/aromatic N) is 1. The SMILES string of the molecule is COc1ccc(S(=O)(=O)N2CCC(CNC(=O)C34CC5CC(CC(C5)C3)C4)CC2)c(OC)c1. The third-order valence-electron chi connectivity index (χ3n) is 8.63. The van der Waals surface area contributed by atoms with Crippen LogP contribution >= 0.6 is 0 Å². The van der Waals surface area contributed by atoms with Crippen molar-refractivity contribution in [2.24, 2.45) is 29.1 Å². The van der Waals surface area contributed by atoms with E-state index in [2.05, 4.69) is 5.32 Å². The molecule has 33 heavy (non-hydrogen) atoms. The Labute approximate surface area is 197 Å². The van der Waals surface area contributed by atoms with Crippen molar-refractivity contribution < 1.29 is 22.7 Å². The summed E-state index contributed by atoms with van der Waals surface area (Å²) in [5.74, 6) is 3.69. The molecule has 1 aromatic rings. The number of nitrogens with one attached hydrogen (secondary N) is 1. The molecule has 1 N–H and O–H groups in total. The number of hydrogen-bond acceptors (Lipinski definition) is 5. The summed E-state index contributed by atoms with van der Waals surface area (Å²) in [5.41, 5.74) is -0.121. The van der Waals surface area contributed by atoms with Crippen molar-refractivity contribution in [3.05, 3.63) is 18.2 Å². The summed E-state index contributed by atoms with van der Waals surface area (Å²) >= 11 is 0. The molecule has 4 aliphatic carbocycles. The van der Waals surface area contributed by atoms with E-state index in [0.717, 1.165) is 49.9 Å². The minimum atomic E-state index is -3.65. The van der Waals surface area contributed by atoms with Gasteiger partial charge in [0.2, 0.25) is 15.9 Å². The number of rotatable bonds is 7. The molecule has 6 rings (SSSR count). The van der Waals surface area contributed by atoms with E-state index in [1.54, 1.807) is 18.2 Å². The average Bonchev–Trinajstić information content (AvgIpc) is 2.81. The van der Waals surface area contributed by atoms with Gasteiger partial charge in [-0.25, -0.2) is 8.42 Å². The highest BCUT2D eigenvalue weighted by molar-refractivity contribution is 7.89. The predicted molar refractivity (Wildman–Crippen MR) is 125 cm³/mol. The third kappa shape index (κ3) is 4.25. The zero-order valence-electron chi connectivity index (χ0n) is 19.7. The molecule has 4 bridgehead atoms. The van der Waals surface area contributed by atoms with E-state index in [1.807, 2.05) is 0 Å². The van der Waals surface area contributed by atoms with Gasteiger partial charge >= 0.3 is 0 Å². The molecular weight excluding hydrogens is 440 g/mol. The Bertz CT molecular complexity index is 965. The highest BCUT2D eigenvalue weighted by Gasteiger charge is 2.54. The number of ether oxygens (including phenoxy) is 2. The Kier molecular flexibility index (Phi) is 6.10. The van der Waals surface area contributed by atoms with Crippen LogP contribution in [0.3, 0.4) is 0 Å². The van der Waals surface area contributed by atoms with Crippen molar-refractivity contribution in [2.75, 3.05) is 33.9 Å². The average molecular weight is 477 g/mol. The van der Waals surface area contributed by atoms with Gasteiger partial charge < -0.3 is 14.8 Å². The van der Waals surface area contributed by atoms with Crippen LogP contribution in [0.15, 0.2) is 23.1 Å². The molecule has 182 valence electrons. The van der Waals surface area contributed by atoms with Crippen molar-refractivity contribution in [3.8, 4) is 11.5 Å². The molecule has 0 aromatic heterocycles. The topological polar surface area (TPSA) is 84.9 Å². The summed E-state index contributed by atoms with van der Waals surface area (Å²) in [6.45, 7) is 1.56. The second-order valence-corrected chi connectivity index (χ2v) is 12.7. The normalized spacial score (nSPS) is 32.0. The van der Waals surface area contributed by atoms with E-state index < -0.39 is 10.0 Å². The van der Waals surface area contributed by atoms with Gasteiger partial charge in [0, 0.05) is 31.1 Å². The molecule has 1 aromatic carbocycles. The number of methoxy groups -OCH3 is 2. The number of sulfonamides is 1. The number of carbonyl (C=O) groups excluding carboxylic acids is 1. The zero-order valence-corrected chi connectivity index (χ0v) is 20.5. The Morgan fingerprint density at radius 3 is 2.18 bits per heavy atom. The molecule has 0 unspecified atom stereocenters. The van der Waals surface area contributed by atoms with Crippen molar-refractivity contribution in [3.63, 3.8) is 0 Å². The molecule has 5 aliphatic rings. The van der Waals surface area contributed by atoms with Crippen molar-refractivity contribution in [2.45, 2.75) is 56.3 Å². The van der Waals surface area contributed by atoms with Crippen LogP contribution < -0.4 is 14.8 Å². The van der Waals surface area contributed by atoms with Crippen molar-refractivity contribution in [1.82, 2.24) is 9.62 Å². The highest BCUT2D eigenvalue weighted by atomic mass is 32.2. The summed E-state index contributed by atoms with van der Waals surface area (Å²) in [7, 11) is -0.648. The molecular formula is C25H36N2O5S. The van der Waals surface area contributed by atoms with Crippen LogP contribution in [0.2, 0.25) is 0 Å². The van der Waals surface area contributed by atoms with Crippen LogP contribution in [0, 0.1) is 29.1 Å². The van der Waals surface area contributed by atoms with Gasteiger partial charge in [-0.1, -0.05) is 0 Å². The van der Waals surface area contributed by atoms with Crippen LogP contribution in [0.5, 0.6) is 11.5 Å². The first-order valence-electron chi connectivity index (χ1n) is 12.3. The molecule has 5 fully saturated rings. The maximum Gasteiger partial charge on any atom is 0.246 e. The first-order valence-corrected chi connectivity index (χ1v) is 13.8. The molecule has 1 amide bonds. The molecule has 0 spiro atoms. The monoisotopic (exact) mass is 476 g/mol. The lowest BCUT2D eigenvalue weighted by Gasteiger charge is -2.55. The largest absolute Gasteiger partial charge is 0.497 e. The summed E-state index contributed by atoms with van der Waals surface area (Å²) in [6.07, 6.45) is 8.72. The Hall–Kier alpha value is -1.80. The summed E-state index contributed by atoms with van der Waals surface area (Å²) in [5, 5.41) is 3.28. The zero-order chi connectivity index (χ0) is 23.2. The van der Waals surface area contributed by atoms with E-state index >= 15 is 0 Å². The standard InChI is InChI=1S/C25H36N2O5S/c1-31-21-3-4-23(22(12-21)32-2)33(29,30)27-7-5-17(6-8-27)16-26-24(28)25-13-18-9-19(14-25)11-20(10-18)15-25/h3-4,12,17-20H,5-11,13-16H2,1-2H3,(H,26,28). The quantitative estimate of drug-likeness (QED) is 0.652. The second kappa shape index (κ2) is 8.77. The molecule has 1 aliphatic heterocycles. The van der Waals surface area contributed by atoms with E-state index in [-0.39, 0.29) is 16.2 Å². The van der Waals surface area contributed by atoms with Gasteiger partial charge in [0.15, 0.2) is 0 Å². The van der Waals surface area contributed by atoms with E-state index in [1.165, 1.54) is 37.8 Å². The summed E-state index contributed by atoms with van der Waals surface area (Å²) in [4.78, 5) is 13.4. The lowest BCUT2D eigenvalue weighted by atomic mass is 9.49. The number of piperidine rings is 1. The first kappa shape index (κ1) is 23.0. The lowest BCUT2D eigenvalue weighted by Crippen LogP contribution is -2.54. The van der Waals surface area contributed by atoms with Gasteiger partial charge in [0.05, 0.1) is 14.2 Å². The molecule has 4 saturated carbocycles. The summed E-state index contributed by atoms with van der Waals surface area (Å²) in [6, 6.07) is 4.78. The van der Waals surface area contributed by atoms with E-state index in [4.69, 9.17) is 9.47 Å². The van der Waals surface area contributed by atoms with Gasteiger partial charge in [-0.3, -0.25) is 4.79 Å². The lowest BCUT2D eigenvalue weighted by molar-refractivity contribution is -0.146. The maximum absolute atomic E-state index is 13.2.